The summed E-state index contributed by atoms with van der Waals surface area (Å²) in [5.41, 5.74) is 2.30. The van der Waals surface area contributed by atoms with Crippen LogP contribution in [-0.4, -0.2) is 67.7 Å². The average Bonchev–Trinajstić information content (AvgIpc) is 3.35. The zero-order chi connectivity index (χ0) is 21.7. The molecular formula is C24H31N3O3S. The van der Waals surface area contributed by atoms with Crippen LogP contribution in [0.2, 0.25) is 0 Å². The third kappa shape index (κ3) is 5.53. The first-order valence-corrected chi connectivity index (χ1v) is 12.6. The topological polar surface area (TPSA) is 60.9 Å². The number of carbonyl (C=O) groups is 1. The first kappa shape index (κ1) is 22.0. The number of amides is 1. The molecule has 0 atom stereocenters. The number of hydrogen-bond acceptors (Lipinski definition) is 4. The fourth-order valence-electron chi connectivity index (χ4n) is 4.31. The van der Waals surface area contributed by atoms with Crippen LogP contribution in [0.1, 0.15) is 30.4 Å². The Kier molecular flexibility index (Phi) is 7.05. The van der Waals surface area contributed by atoms with Gasteiger partial charge in [-0.15, -0.1) is 0 Å². The molecular weight excluding hydrogens is 410 g/mol. The summed E-state index contributed by atoms with van der Waals surface area (Å²) in [6, 6.07) is 17.5. The van der Waals surface area contributed by atoms with Gasteiger partial charge >= 0.3 is 0 Å². The number of carbonyl (C=O) groups excluding carboxylic acids is 1. The molecule has 1 amide bonds. The van der Waals surface area contributed by atoms with Crippen LogP contribution < -0.4 is 0 Å². The molecule has 6 nitrogen and oxygen atoms in total. The molecule has 31 heavy (non-hydrogen) atoms. The van der Waals surface area contributed by atoms with Gasteiger partial charge in [-0.25, -0.2) is 8.42 Å². The highest BCUT2D eigenvalue weighted by Gasteiger charge is 2.27. The van der Waals surface area contributed by atoms with Crippen LogP contribution in [-0.2, 0) is 27.8 Å². The zero-order valence-electron chi connectivity index (χ0n) is 17.9. The minimum absolute atomic E-state index is 0.174. The van der Waals surface area contributed by atoms with Crippen LogP contribution in [0.5, 0.6) is 0 Å². The molecule has 0 radical (unpaired) electrons. The van der Waals surface area contributed by atoms with Crippen molar-refractivity contribution in [3.05, 3.63) is 65.7 Å². The van der Waals surface area contributed by atoms with Crippen molar-refractivity contribution in [2.24, 2.45) is 0 Å². The number of aryl methyl sites for hydroxylation is 1. The molecule has 0 N–H and O–H groups in total. The highest BCUT2D eigenvalue weighted by Crippen LogP contribution is 2.21. The minimum atomic E-state index is -3.38. The SMILES string of the molecule is O=C(CCc1ccc(S(=O)(=O)N2CCCC2)cc1)N1CCN(Cc2ccccc2)CC1. The Bertz CT molecular complexity index is 963. The molecule has 2 aliphatic rings. The third-order valence-electron chi connectivity index (χ3n) is 6.23. The van der Waals surface area contributed by atoms with Crippen LogP contribution in [0.3, 0.4) is 0 Å². The summed E-state index contributed by atoms with van der Waals surface area (Å²) < 4.78 is 26.8. The van der Waals surface area contributed by atoms with Crippen molar-refractivity contribution in [3.63, 3.8) is 0 Å². The first-order chi connectivity index (χ1) is 15.0. The summed E-state index contributed by atoms with van der Waals surface area (Å²) in [5, 5.41) is 0. The lowest BCUT2D eigenvalue weighted by Crippen LogP contribution is -2.48. The summed E-state index contributed by atoms with van der Waals surface area (Å²) in [4.78, 5) is 17.3. The maximum absolute atomic E-state index is 12.6. The Labute approximate surface area is 185 Å². The Morgan fingerprint density at radius 2 is 1.42 bits per heavy atom. The van der Waals surface area contributed by atoms with Gasteiger partial charge in [0.05, 0.1) is 4.90 Å². The van der Waals surface area contributed by atoms with E-state index in [1.807, 2.05) is 23.1 Å². The number of nitrogens with zero attached hydrogens (tertiary/aromatic N) is 3. The normalized spacial score (nSPS) is 18.4. The van der Waals surface area contributed by atoms with E-state index in [0.29, 0.717) is 30.8 Å². The van der Waals surface area contributed by atoms with Gasteiger partial charge in [0.2, 0.25) is 15.9 Å². The highest BCUT2D eigenvalue weighted by atomic mass is 32.2. The monoisotopic (exact) mass is 441 g/mol. The molecule has 4 rings (SSSR count). The van der Waals surface area contributed by atoms with Gasteiger partial charge in [0.25, 0.3) is 0 Å². The van der Waals surface area contributed by atoms with Crippen molar-refractivity contribution in [2.75, 3.05) is 39.3 Å². The van der Waals surface area contributed by atoms with Crippen molar-refractivity contribution < 1.29 is 13.2 Å². The van der Waals surface area contributed by atoms with Gasteiger partial charge in [0.1, 0.15) is 0 Å². The predicted molar refractivity (Wildman–Crippen MR) is 121 cm³/mol. The van der Waals surface area contributed by atoms with Crippen molar-refractivity contribution >= 4 is 15.9 Å². The van der Waals surface area contributed by atoms with Gasteiger partial charge in [-0.3, -0.25) is 9.69 Å². The van der Waals surface area contributed by atoms with Crippen LogP contribution in [0, 0.1) is 0 Å². The van der Waals surface area contributed by atoms with Gasteiger partial charge in [-0.1, -0.05) is 42.5 Å². The molecule has 7 heteroatoms. The lowest BCUT2D eigenvalue weighted by molar-refractivity contribution is -0.133. The van der Waals surface area contributed by atoms with Gasteiger partial charge in [0.15, 0.2) is 0 Å². The van der Waals surface area contributed by atoms with E-state index in [1.54, 1.807) is 16.4 Å². The highest BCUT2D eigenvalue weighted by molar-refractivity contribution is 7.89. The summed E-state index contributed by atoms with van der Waals surface area (Å²) in [5.74, 6) is 0.174. The molecule has 2 fully saturated rings. The van der Waals surface area contributed by atoms with Crippen LogP contribution in [0.15, 0.2) is 59.5 Å². The zero-order valence-corrected chi connectivity index (χ0v) is 18.8. The molecule has 0 aromatic heterocycles. The van der Waals surface area contributed by atoms with Gasteiger partial charge < -0.3 is 4.90 Å². The molecule has 2 saturated heterocycles. The number of hydrogen-bond donors (Lipinski definition) is 0. The van der Waals surface area contributed by atoms with Crippen molar-refractivity contribution in [1.82, 2.24) is 14.1 Å². The van der Waals surface area contributed by atoms with Gasteiger partial charge in [-0.2, -0.15) is 4.31 Å². The second kappa shape index (κ2) is 9.94. The van der Waals surface area contributed by atoms with Crippen molar-refractivity contribution in [2.45, 2.75) is 37.1 Å². The molecule has 166 valence electrons. The number of rotatable bonds is 7. The molecule has 2 heterocycles. The molecule has 0 saturated carbocycles. The van der Waals surface area contributed by atoms with Crippen molar-refractivity contribution in [3.8, 4) is 0 Å². The standard InChI is InChI=1S/C24H31N3O3S/c28-24(26-18-16-25(17-19-26)20-22-6-2-1-3-7-22)13-10-21-8-11-23(12-9-21)31(29,30)27-14-4-5-15-27/h1-3,6-9,11-12H,4-5,10,13-20H2. The average molecular weight is 442 g/mol. The third-order valence-corrected chi connectivity index (χ3v) is 8.14. The summed E-state index contributed by atoms with van der Waals surface area (Å²) in [6.45, 7) is 5.45. The maximum atomic E-state index is 12.6. The van der Waals surface area contributed by atoms with E-state index in [-0.39, 0.29) is 5.91 Å². The fraction of sp³-hybridized carbons (Fsp3) is 0.458. The Morgan fingerprint density at radius 1 is 0.774 bits per heavy atom. The Hall–Kier alpha value is -2.22. The quantitative estimate of drug-likeness (QED) is 0.663. The smallest absolute Gasteiger partial charge is 0.243 e. The van der Waals surface area contributed by atoms with Crippen LogP contribution >= 0.6 is 0 Å². The van der Waals surface area contributed by atoms with Crippen molar-refractivity contribution in [1.29, 1.82) is 0 Å². The summed E-state index contributed by atoms with van der Waals surface area (Å²) >= 11 is 0. The van der Waals surface area contributed by atoms with E-state index in [9.17, 15) is 13.2 Å². The fourth-order valence-corrected chi connectivity index (χ4v) is 5.83. The van der Waals surface area contributed by atoms with E-state index in [2.05, 4.69) is 29.2 Å². The lowest BCUT2D eigenvalue weighted by Gasteiger charge is -2.34. The molecule has 2 aliphatic heterocycles. The molecule has 0 bridgehead atoms. The second-order valence-electron chi connectivity index (χ2n) is 8.40. The van der Waals surface area contributed by atoms with E-state index in [4.69, 9.17) is 0 Å². The molecule has 0 aliphatic carbocycles. The molecule has 0 unspecified atom stereocenters. The Morgan fingerprint density at radius 3 is 2.06 bits per heavy atom. The van der Waals surface area contributed by atoms with E-state index in [0.717, 1.165) is 51.1 Å². The number of sulfonamides is 1. The van der Waals surface area contributed by atoms with Gasteiger partial charge in [-0.05, 0) is 42.5 Å². The van der Waals surface area contributed by atoms with Crippen LogP contribution in [0.25, 0.3) is 0 Å². The summed E-state index contributed by atoms with van der Waals surface area (Å²) in [7, 11) is -3.38. The molecule has 0 spiro atoms. The molecule has 2 aromatic rings. The summed E-state index contributed by atoms with van der Waals surface area (Å²) in [6.07, 6.45) is 2.95. The van der Waals surface area contributed by atoms with E-state index < -0.39 is 10.0 Å². The molecule has 2 aromatic carbocycles. The van der Waals surface area contributed by atoms with E-state index >= 15 is 0 Å². The predicted octanol–water partition coefficient (Wildman–Crippen LogP) is 2.75. The largest absolute Gasteiger partial charge is 0.340 e. The van der Waals surface area contributed by atoms with Gasteiger partial charge in [0, 0.05) is 52.2 Å². The first-order valence-electron chi connectivity index (χ1n) is 11.2. The second-order valence-corrected chi connectivity index (χ2v) is 10.3. The minimum Gasteiger partial charge on any atom is -0.340 e. The van der Waals surface area contributed by atoms with Crippen LogP contribution in [0.4, 0.5) is 0 Å². The number of benzene rings is 2. The Balaban J connectivity index is 1.24. The number of piperazine rings is 1. The lowest BCUT2D eigenvalue weighted by atomic mass is 10.1. The maximum Gasteiger partial charge on any atom is 0.243 e. The van der Waals surface area contributed by atoms with E-state index in [1.165, 1.54) is 5.56 Å².